The summed E-state index contributed by atoms with van der Waals surface area (Å²) < 4.78 is 14.9. The highest BCUT2D eigenvalue weighted by atomic mass is 16.7. The quantitative estimate of drug-likeness (QED) is 0.244. The summed E-state index contributed by atoms with van der Waals surface area (Å²) >= 11 is 0. The van der Waals surface area contributed by atoms with Gasteiger partial charge in [-0.15, -0.1) is 0 Å². The molecule has 0 unspecified atom stereocenters. The van der Waals surface area contributed by atoms with Crippen molar-refractivity contribution in [1.82, 2.24) is 5.32 Å². The van der Waals surface area contributed by atoms with Gasteiger partial charge in [0, 0.05) is 18.7 Å². The van der Waals surface area contributed by atoms with Gasteiger partial charge in [0.15, 0.2) is 0 Å². The third kappa shape index (κ3) is 9.45. The van der Waals surface area contributed by atoms with E-state index in [1.165, 1.54) is 24.3 Å². The molecule has 26 heavy (non-hydrogen) atoms. The van der Waals surface area contributed by atoms with Crippen molar-refractivity contribution >= 4 is 17.9 Å². The van der Waals surface area contributed by atoms with Crippen molar-refractivity contribution in [3.63, 3.8) is 0 Å². The zero-order valence-electron chi connectivity index (χ0n) is 15.1. The average molecular weight is 368 g/mol. The van der Waals surface area contributed by atoms with Crippen LogP contribution >= 0.6 is 0 Å². The second kappa shape index (κ2) is 10.2. The SMILES string of the molecule is CC(C)(C)OC(=O)NCCCCCOC(=O)Oc1ccc([N+](=O)[O-])cc1. The van der Waals surface area contributed by atoms with Gasteiger partial charge in [0.2, 0.25) is 0 Å². The minimum absolute atomic E-state index is 0.0919. The molecule has 0 spiro atoms. The maximum absolute atomic E-state index is 11.5. The first-order valence-corrected chi connectivity index (χ1v) is 8.23. The molecule has 0 atom stereocenters. The van der Waals surface area contributed by atoms with Crippen molar-refractivity contribution in [2.75, 3.05) is 13.2 Å². The number of non-ortho nitro benzene ring substituents is 1. The third-order valence-corrected chi connectivity index (χ3v) is 2.96. The van der Waals surface area contributed by atoms with Gasteiger partial charge in [-0.1, -0.05) is 0 Å². The molecule has 144 valence electrons. The van der Waals surface area contributed by atoms with E-state index in [0.717, 1.165) is 12.8 Å². The van der Waals surface area contributed by atoms with Crippen molar-refractivity contribution in [3.05, 3.63) is 34.4 Å². The van der Waals surface area contributed by atoms with Crippen molar-refractivity contribution < 1.29 is 28.7 Å². The summed E-state index contributed by atoms with van der Waals surface area (Å²) in [7, 11) is 0. The van der Waals surface area contributed by atoms with E-state index in [4.69, 9.17) is 14.2 Å². The molecule has 0 aliphatic heterocycles. The summed E-state index contributed by atoms with van der Waals surface area (Å²) in [6.07, 6.45) is 0.762. The van der Waals surface area contributed by atoms with Gasteiger partial charge in [-0.3, -0.25) is 10.1 Å². The van der Waals surface area contributed by atoms with Crippen LogP contribution in [0, 0.1) is 10.1 Å². The predicted octanol–water partition coefficient (Wildman–Crippen LogP) is 3.81. The first-order valence-electron chi connectivity index (χ1n) is 8.23. The van der Waals surface area contributed by atoms with E-state index >= 15 is 0 Å². The van der Waals surface area contributed by atoms with E-state index in [1.54, 1.807) is 20.8 Å². The number of nitro groups is 1. The first kappa shape index (κ1) is 21.2. The molecule has 0 bridgehead atoms. The number of ether oxygens (including phenoxy) is 3. The molecule has 9 nitrogen and oxygen atoms in total. The topological polar surface area (TPSA) is 117 Å². The minimum atomic E-state index is -0.870. The van der Waals surface area contributed by atoms with Crippen LogP contribution in [-0.4, -0.2) is 35.9 Å². The molecule has 0 aliphatic carbocycles. The first-order chi connectivity index (χ1) is 12.2. The molecular formula is C17H24N2O7. The fraction of sp³-hybridized carbons (Fsp3) is 0.529. The maximum atomic E-state index is 11.5. The zero-order chi connectivity index (χ0) is 19.6. The van der Waals surface area contributed by atoms with Crippen LogP contribution in [0.15, 0.2) is 24.3 Å². The number of rotatable bonds is 8. The van der Waals surface area contributed by atoms with Crippen LogP contribution in [0.5, 0.6) is 5.75 Å². The molecule has 0 heterocycles. The van der Waals surface area contributed by atoms with Gasteiger partial charge < -0.3 is 19.5 Å². The molecule has 1 amide bonds. The van der Waals surface area contributed by atoms with Gasteiger partial charge in [-0.25, -0.2) is 9.59 Å². The molecule has 1 rings (SSSR count). The van der Waals surface area contributed by atoms with E-state index in [9.17, 15) is 19.7 Å². The van der Waals surface area contributed by atoms with E-state index in [0.29, 0.717) is 13.0 Å². The monoisotopic (exact) mass is 368 g/mol. The number of nitrogens with zero attached hydrogens (tertiary/aromatic N) is 1. The number of alkyl carbamates (subject to hydrolysis) is 1. The van der Waals surface area contributed by atoms with Crippen LogP contribution in [0.3, 0.4) is 0 Å². The lowest BCUT2D eigenvalue weighted by Crippen LogP contribution is -2.33. The molecule has 0 aliphatic rings. The van der Waals surface area contributed by atoms with Crippen LogP contribution in [0.1, 0.15) is 40.0 Å². The second-order valence-electron chi connectivity index (χ2n) is 6.44. The van der Waals surface area contributed by atoms with Crippen LogP contribution < -0.4 is 10.1 Å². The molecule has 1 aromatic rings. The summed E-state index contributed by atoms with van der Waals surface area (Å²) in [5, 5.41) is 13.2. The van der Waals surface area contributed by atoms with Crippen LogP contribution in [0.4, 0.5) is 15.3 Å². The zero-order valence-corrected chi connectivity index (χ0v) is 15.1. The number of unbranched alkanes of at least 4 members (excludes halogenated alkanes) is 2. The van der Waals surface area contributed by atoms with Gasteiger partial charge >= 0.3 is 12.2 Å². The number of nitro benzene ring substituents is 1. The Hall–Kier alpha value is -2.84. The van der Waals surface area contributed by atoms with Gasteiger partial charge in [-0.2, -0.15) is 0 Å². The van der Waals surface area contributed by atoms with E-state index < -0.39 is 22.8 Å². The van der Waals surface area contributed by atoms with Gasteiger partial charge in [-0.05, 0) is 52.2 Å². The highest BCUT2D eigenvalue weighted by Gasteiger charge is 2.15. The summed E-state index contributed by atoms with van der Waals surface area (Å²) in [5.41, 5.74) is -0.618. The summed E-state index contributed by atoms with van der Waals surface area (Å²) in [6, 6.07) is 5.12. The Labute approximate surface area is 151 Å². The Morgan fingerprint density at radius 2 is 1.77 bits per heavy atom. The molecular weight excluding hydrogens is 344 g/mol. The van der Waals surface area contributed by atoms with Gasteiger partial charge in [0.1, 0.15) is 11.4 Å². The number of hydrogen-bond donors (Lipinski definition) is 1. The summed E-state index contributed by atoms with van der Waals surface area (Å²) in [6.45, 7) is 6.03. The molecule has 0 saturated heterocycles. The highest BCUT2D eigenvalue weighted by Crippen LogP contribution is 2.17. The molecule has 9 heteroatoms. The summed E-state index contributed by atoms with van der Waals surface area (Å²) in [4.78, 5) is 32.9. The highest BCUT2D eigenvalue weighted by molar-refractivity contribution is 5.67. The lowest BCUT2D eigenvalue weighted by molar-refractivity contribution is -0.384. The normalized spacial score (nSPS) is 10.7. The second-order valence-corrected chi connectivity index (χ2v) is 6.44. The number of benzene rings is 1. The van der Waals surface area contributed by atoms with Gasteiger partial charge in [0.25, 0.3) is 5.69 Å². The fourth-order valence-corrected chi connectivity index (χ4v) is 1.83. The molecule has 0 radical (unpaired) electrons. The van der Waals surface area contributed by atoms with Gasteiger partial charge in [0.05, 0.1) is 11.5 Å². The van der Waals surface area contributed by atoms with Crippen LogP contribution in [0.2, 0.25) is 0 Å². The Kier molecular flexibility index (Phi) is 8.33. The third-order valence-electron chi connectivity index (χ3n) is 2.96. The van der Waals surface area contributed by atoms with E-state index in [1.807, 2.05) is 0 Å². The van der Waals surface area contributed by atoms with Crippen molar-refractivity contribution in [1.29, 1.82) is 0 Å². The van der Waals surface area contributed by atoms with E-state index in [2.05, 4.69) is 5.32 Å². The Morgan fingerprint density at radius 1 is 1.12 bits per heavy atom. The maximum Gasteiger partial charge on any atom is 0.513 e. The Morgan fingerprint density at radius 3 is 2.35 bits per heavy atom. The fourth-order valence-electron chi connectivity index (χ4n) is 1.83. The Balaban J connectivity index is 2.09. The van der Waals surface area contributed by atoms with Crippen molar-refractivity contribution in [3.8, 4) is 5.75 Å². The molecule has 0 saturated carbocycles. The minimum Gasteiger partial charge on any atom is -0.444 e. The van der Waals surface area contributed by atoms with Crippen LogP contribution in [-0.2, 0) is 9.47 Å². The molecule has 0 fully saturated rings. The largest absolute Gasteiger partial charge is 0.513 e. The smallest absolute Gasteiger partial charge is 0.444 e. The molecule has 0 aromatic heterocycles. The average Bonchev–Trinajstić information content (AvgIpc) is 2.52. The van der Waals surface area contributed by atoms with Crippen molar-refractivity contribution in [2.24, 2.45) is 0 Å². The number of carbonyl (C=O) groups is 2. The van der Waals surface area contributed by atoms with Crippen molar-refractivity contribution in [2.45, 2.75) is 45.6 Å². The summed E-state index contributed by atoms with van der Waals surface area (Å²) in [5.74, 6) is 0.169. The number of nitrogens with one attached hydrogen (secondary N) is 1. The predicted molar refractivity (Wildman–Crippen MR) is 93.2 cm³/mol. The lowest BCUT2D eigenvalue weighted by atomic mass is 10.2. The Bertz CT molecular complexity index is 609. The molecule has 1 N–H and O–H groups in total. The number of carbonyl (C=O) groups excluding carboxylic acids is 2. The number of hydrogen-bond acceptors (Lipinski definition) is 7. The molecule has 1 aromatic carbocycles. The lowest BCUT2D eigenvalue weighted by Gasteiger charge is -2.19. The van der Waals surface area contributed by atoms with E-state index in [-0.39, 0.29) is 18.0 Å². The standard InChI is InChI=1S/C17H24N2O7/c1-17(2,3)26-15(20)18-11-5-4-6-12-24-16(21)25-14-9-7-13(8-10-14)19(22)23/h7-10H,4-6,11-12H2,1-3H3,(H,18,20). The number of amides is 1. The van der Waals surface area contributed by atoms with Crippen LogP contribution in [0.25, 0.3) is 0 Å².